The van der Waals surface area contributed by atoms with Crippen molar-refractivity contribution in [3.8, 4) is 0 Å². The fourth-order valence-electron chi connectivity index (χ4n) is 3.28. The van der Waals surface area contributed by atoms with E-state index in [1.54, 1.807) is 42.5 Å². The quantitative estimate of drug-likeness (QED) is 0.424. The van der Waals surface area contributed by atoms with Crippen LogP contribution in [0.2, 0.25) is 0 Å². The van der Waals surface area contributed by atoms with Gasteiger partial charge in [0, 0.05) is 25.3 Å². The number of ether oxygens (including phenoxy) is 2. The molecular weight excluding hydrogens is 464 g/mol. The lowest BCUT2D eigenvalue weighted by Gasteiger charge is -2.12. The Hall–Kier alpha value is -3.26. The standard InChI is InChI=1S/C28H38O8/c1-22-13-7-3-2-4-8-14-23(29)21-24(30)15-9-5-10-16-25(36-28(34)20-19-26(31)32)17-11-6-12-18-27(33)35-22/h2,4-6,9-12,16,18,22,24-25,30H,3,7-8,13-15,17,19-21H2,1H3,(H,31,32)/b4-2+,9-5-,11-6+,16-10+,18-12-/t22-,24+,25-/m1/s1. The second kappa shape index (κ2) is 19.0. The zero-order chi connectivity index (χ0) is 26.6. The summed E-state index contributed by atoms with van der Waals surface area (Å²) >= 11 is 0. The lowest BCUT2D eigenvalue weighted by Crippen LogP contribution is -2.16. The van der Waals surface area contributed by atoms with E-state index in [0.717, 1.165) is 19.3 Å². The Labute approximate surface area is 213 Å². The monoisotopic (exact) mass is 502 g/mol. The first-order chi connectivity index (χ1) is 17.3. The van der Waals surface area contributed by atoms with Gasteiger partial charge in [-0.3, -0.25) is 14.4 Å². The second-order valence-electron chi connectivity index (χ2n) is 8.58. The molecule has 1 heterocycles. The summed E-state index contributed by atoms with van der Waals surface area (Å²) in [5.74, 6) is -2.16. The third kappa shape index (κ3) is 17.2. The first kappa shape index (κ1) is 30.8. The van der Waals surface area contributed by atoms with E-state index in [1.807, 2.05) is 19.1 Å². The minimum absolute atomic E-state index is 0.000683. The van der Waals surface area contributed by atoms with Crippen LogP contribution in [0.5, 0.6) is 0 Å². The van der Waals surface area contributed by atoms with Gasteiger partial charge in [-0.15, -0.1) is 0 Å². The number of hydrogen-bond donors (Lipinski definition) is 2. The Balaban J connectivity index is 2.83. The highest BCUT2D eigenvalue weighted by molar-refractivity contribution is 5.82. The molecular formula is C28H38O8. The minimum Gasteiger partial charge on any atom is -0.481 e. The predicted molar refractivity (Wildman–Crippen MR) is 136 cm³/mol. The molecule has 0 amide bonds. The number of hydrogen-bond acceptors (Lipinski definition) is 7. The van der Waals surface area contributed by atoms with Gasteiger partial charge >= 0.3 is 17.9 Å². The zero-order valence-corrected chi connectivity index (χ0v) is 20.9. The van der Waals surface area contributed by atoms with Gasteiger partial charge in [-0.1, -0.05) is 48.6 Å². The summed E-state index contributed by atoms with van der Waals surface area (Å²) < 4.78 is 10.7. The molecule has 198 valence electrons. The van der Waals surface area contributed by atoms with Crippen molar-refractivity contribution in [1.82, 2.24) is 0 Å². The highest BCUT2D eigenvalue weighted by Crippen LogP contribution is 2.10. The second-order valence-corrected chi connectivity index (χ2v) is 8.58. The van der Waals surface area contributed by atoms with E-state index in [1.165, 1.54) is 6.08 Å². The number of rotatable bonds is 4. The van der Waals surface area contributed by atoms with Crippen molar-refractivity contribution in [3.05, 3.63) is 60.8 Å². The van der Waals surface area contributed by atoms with E-state index in [-0.39, 0.29) is 31.1 Å². The lowest BCUT2D eigenvalue weighted by atomic mass is 10.1. The Kier molecular flexibility index (Phi) is 16.2. The van der Waals surface area contributed by atoms with Crippen molar-refractivity contribution in [2.75, 3.05) is 0 Å². The van der Waals surface area contributed by atoms with E-state index < -0.39 is 30.1 Å². The van der Waals surface area contributed by atoms with Crippen LogP contribution in [0, 0.1) is 0 Å². The van der Waals surface area contributed by atoms with Gasteiger partial charge in [0.25, 0.3) is 0 Å². The number of carbonyl (C=O) groups excluding carboxylic acids is 3. The molecule has 0 aliphatic carbocycles. The summed E-state index contributed by atoms with van der Waals surface area (Å²) in [6.07, 6.45) is 18.9. The Morgan fingerprint density at radius 2 is 1.72 bits per heavy atom. The van der Waals surface area contributed by atoms with Crippen LogP contribution >= 0.6 is 0 Å². The van der Waals surface area contributed by atoms with Crippen molar-refractivity contribution < 1.29 is 38.9 Å². The number of carbonyl (C=O) groups is 4. The largest absolute Gasteiger partial charge is 0.481 e. The maximum absolute atomic E-state index is 12.0. The molecule has 0 aromatic rings. The number of esters is 2. The maximum Gasteiger partial charge on any atom is 0.331 e. The summed E-state index contributed by atoms with van der Waals surface area (Å²) in [4.78, 5) is 46.6. The van der Waals surface area contributed by atoms with Crippen LogP contribution in [0.3, 0.4) is 0 Å². The molecule has 0 bridgehead atoms. The number of carboxylic acids is 1. The molecule has 3 atom stereocenters. The van der Waals surface area contributed by atoms with Gasteiger partial charge in [0.05, 0.1) is 25.0 Å². The van der Waals surface area contributed by atoms with Gasteiger partial charge in [-0.25, -0.2) is 4.79 Å². The summed E-state index contributed by atoms with van der Waals surface area (Å²) in [5, 5.41) is 18.8. The molecule has 0 saturated heterocycles. The van der Waals surface area contributed by atoms with Crippen LogP contribution in [0.15, 0.2) is 60.8 Å². The van der Waals surface area contributed by atoms with E-state index in [4.69, 9.17) is 14.6 Å². The number of cyclic esters (lactones) is 1. The Morgan fingerprint density at radius 1 is 1.00 bits per heavy atom. The molecule has 0 fully saturated rings. The first-order valence-electron chi connectivity index (χ1n) is 12.4. The molecule has 0 radical (unpaired) electrons. The third-order valence-electron chi connectivity index (χ3n) is 5.17. The topological polar surface area (TPSA) is 127 Å². The van der Waals surface area contributed by atoms with E-state index in [0.29, 0.717) is 25.7 Å². The molecule has 0 saturated carbocycles. The fraction of sp³-hybridized carbons (Fsp3) is 0.500. The van der Waals surface area contributed by atoms with Crippen LogP contribution in [0.1, 0.15) is 71.1 Å². The number of aliphatic carboxylic acids is 1. The van der Waals surface area contributed by atoms with Crippen LogP contribution in [-0.2, 0) is 28.7 Å². The van der Waals surface area contributed by atoms with Crippen LogP contribution < -0.4 is 0 Å². The molecule has 8 heteroatoms. The van der Waals surface area contributed by atoms with Gasteiger partial charge < -0.3 is 19.7 Å². The maximum atomic E-state index is 12.0. The number of Topliss-reactive ketones (excluding diaryl/α,β-unsaturated/α-hetero) is 1. The van der Waals surface area contributed by atoms with Crippen molar-refractivity contribution in [1.29, 1.82) is 0 Å². The number of aliphatic hydroxyl groups is 1. The highest BCUT2D eigenvalue weighted by atomic mass is 16.5. The van der Waals surface area contributed by atoms with Gasteiger partial charge in [-0.2, -0.15) is 0 Å². The van der Waals surface area contributed by atoms with Gasteiger partial charge in [0.2, 0.25) is 0 Å². The average Bonchev–Trinajstić information content (AvgIpc) is 2.80. The molecule has 0 spiro atoms. The Morgan fingerprint density at radius 3 is 2.50 bits per heavy atom. The molecule has 8 nitrogen and oxygen atoms in total. The van der Waals surface area contributed by atoms with Crippen LogP contribution in [0.25, 0.3) is 0 Å². The van der Waals surface area contributed by atoms with E-state index in [9.17, 15) is 24.3 Å². The number of allylic oxidation sites excluding steroid dienone is 6. The highest BCUT2D eigenvalue weighted by Gasteiger charge is 2.12. The fourth-order valence-corrected chi connectivity index (χ4v) is 3.28. The summed E-state index contributed by atoms with van der Waals surface area (Å²) in [7, 11) is 0. The molecule has 36 heavy (non-hydrogen) atoms. The van der Waals surface area contributed by atoms with Gasteiger partial charge in [-0.05, 0) is 45.1 Å². The molecule has 0 unspecified atom stereocenters. The number of carboxylic acid groups (broad SMARTS) is 1. The van der Waals surface area contributed by atoms with Gasteiger partial charge in [0.1, 0.15) is 11.9 Å². The summed E-state index contributed by atoms with van der Waals surface area (Å²) in [6.45, 7) is 1.84. The normalized spacial score (nSPS) is 28.0. The molecule has 0 aromatic carbocycles. The molecule has 1 rings (SSSR count). The first-order valence-corrected chi connectivity index (χ1v) is 12.4. The smallest absolute Gasteiger partial charge is 0.331 e. The van der Waals surface area contributed by atoms with E-state index >= 15 is 0 Å². The minimum atomic E-state index is -1.08. The van der Waals surface area contributed by atoms with Crippen molar-refractivity contribution >= 4 is 23.7 Å². The summed E-state index contributed by atoms with van der Waals surface area (Å²) in [6, 6.07) is 0. The zero-order valence-electron chi connectivity index (χ0n) is 20.9. The van der Waals surface area contributed by atoms with Crippen LogP contribution in [-0.4, -0.2) is 52.2 Å². The SMILES string of the molecule is C[C@@H]1CCC/C=C/CCC(=O)C[C@@H](O)C/C=C\C=C\[C@@H](OC(=O)CCC(=O)O)C/C=C/C=C\C(=O)O1. The Bertz CT molecular complexity index is 850. The number of aliphatic hydroxyl groups excluding tert-OH is 1. The van der Waals surface area contributed by atoms with E-state index in [2.05, 4.69) is 0 Å². The summed E-state index contributed by atoms with van der Waals surface area (Å²) in [5.41, 5.74) is 0. The molecule has 0 aromatic heterocycles. The van der Waals surface area contributed by atoms with Crippen molar-refractivity contribution in [3.63, 3.8) is 0 Å². The average molecular weight is 503 g/mol. The molecule has 2 N–H and O–H groups in total. The van der Waals surface area contributed by atoms with Crippen molar-refractivity contribution in [2.45, 2.75) is 89.4 Å². The van der Waals surface area contributed by atoms with Crippen molar-refractivity contribution in [2.24, 2.45) is 0 Å². The van der Waals surface area contributed by atoms with Crippen LogP contribution in [0.4, 0.5) is 0 Å². The van der Waals surface area contributed by atoms with Gasteiger partial charge in [0.15, 0.2) is 0 Å². The molecule has 1 aliphatic rings. The lowest BCUT2D eigenvalue weighted by molar-refractivity contribution is -0.150. The number of ketones is 1. The molecule has 1 aliphatic heterocycles. The third-order valence-corrected chi connectivity index (χ3v) is 5.17. The predicted octanol–water partition coefficient (Wildman–Crippen LogP) is 4.54.